The molecular formula is C18H20FNO3. The van der Waals surface area contributed by atoms with Gasteiger partial charge in [-0.05, 0) is 43.7 Å². The average Bonchev–Trinajstić information content (AvgIpc) is 2.54. The van der Waals surface area contributed by atoms with Crippen LogP contribution in [0.3, 0.4) is 0 Å². The van der Waals surface area contributed by atoms with Crippen molar-refractivity contribution >= 4 is 5.91 Å². The van der Waals surface area contributed by atoms with Crippen LogP contribution >= 0.6 is 0 Å². The average molecular weight is 317 g/mol. The van der Waals surface area contributed by atoms with Gasteiger partial charge in [-0.15, -0.1) is 0 Å². The number of halogens is 1. The van der Waals surface area contributed by atoms with E-state index in [1.807, 2.05) is 6.92 Å². The van der Waals surface area contributed by atoms with Crippen LogP contribution in [0.15, 0.2) is 48.5 Å². The summed E-state index contributed by atoms with van der Waals surface area (Å²) < 4.78 is 18.4. The van der Waals surface area contributed by atoms with Gasteiger partial charge in [0.25, 0.3) is 5.91 Å². The SMILES string of the molecule is CCOc1ccccc1C(=O)NCC(C)(O)c1ccc(F)cc1. The summed E-state index contributed by atoms with van der Waals surface area (Å²) in [6.07, 6.45) is 0. The molecule has 0 heterocycles. The van der Waals surface area contributed by atoms with E-state index in [0.29, 0.717) is 23.5 Å². The predicted octanol–water partition coefficient (Wildman–Crippen LogP) is 2.86. The van der Waals surface area contributed by atoms with Crippen molar-refractivity contribution in [1.82, 2.24) is 5.32 Å². The molecule has 0 aromatic heterocycles. The molecule has 0 bridgehead atoms. The Balaban J connectivity index is 2.07. The molecule has 1 atom stereocenters. The minimum absolute atomic E-state index is 0.00206. The number of carbonyl (C=O) groups is 1. The van der Waals surface area contributed by atoms with E-state index in [1.165, 1.54) is 24.3 Å². The van der Waals surface area contributed by atoms with Crippen molar-refractivity contribution in [3.8, 4) is 5.75 Å². The first kappa shape index (κ1) is 17.0. The standard InChI is InChI=1S/C18H20FNO3/c1-3-23-16-7-5-4-6-15(16)17(21)20-12-18(2,22)13-8-10-14(19)11-9-13/h4-11,22H,3,12H2,1-2H3,(H,20,21). The molecule has 0 spiro atoms. The molecule has 4 nitrogen and oxygen atoms in total. The fourth-order valence-corrected chi connectivity index (χ4v) is 2.19. The van der Waals surface area contributed by atoms with Crippen LogP contribution in [0.25, 0.3) is 0 Å². The Morgan fingerprint density at radius 3 is 2.52 bits per heavy atom. The molecular weight excluding hydrogens is 297 g/mol. The second-order valence-corrected chi connectivity index (χ2v) is 5.39. The van der Waals surface area contributed by atoms with Gasteiger partial charge in [0.1, 0.15) is 17.2 Å². The van der Waals surface area contributed by atoms with Gasteiger partial charge < -0.3 is 15.2 Å². The lowest BCUT2D eigenvalue weighted by Crippen LogP contribution is -2.38. The second kappa shape index (κ2) is 7.24. The number of nitrogens with one attached hydrogen (secondary N) is 1. The van der Waals surface area contributed by atoms with Crippen LogP contribution in [-0.2, 0) is 5.60 Å². The van der Waals surface area contributed by atoms with Crippen molar-refractivity contribution in [3.63, 3.8) is 0 Å². The maximum absolute atomic E-state index is 13.0. The van der Waals surface area contributed by atoms with Crippen molar-refractivity contribution in [1.29, 1.82) is 0 Å². The van der Waals surface area contributed by atoms with Crippen LogP contribution in [0.4, 0.5) is 4.39 Å². The smallest absolute Gasteiger partial charge is 0.255 e. The van der Waals surface area contributed by atoms with E-state index in [4.69, 9.17) is 4.74 Å². The summed E-state index contributed by atoms with van der Waals surface area (Å²) in [7, 11) is 0. The monoisotopic (exact) mass is 317 g/mol. The normalized spacial score (nSPS) is 13.2. The zero-order valence-corrected chi connectivity index (χ0v) is 13.2. The van der Waals surface area contributed by atoms with Crippen LogP contribution < -0.4 is 10.1 Å². The lowest BCUT2D eigenvalue weighted by Gasteiger charge is -2.24. The van der Waals surface area contributed by atoms with E-state index >= 15 is 0 Å². The molecule has 0 aliphatic heterocycles. The van der Waals surface area contributed by atoms with Gasteiger partial charge in [-0.2, -0.15) is 0 Å². The molecule has 0 aliphatic carbocycles. The van der Waals surface area contributed by atoms with Gasteiger partial charge in [-0.25, -0.2) is 4.39 Å². The highest BCUT2D eigenvalue weighted by Crippen LogP contribution is 2.21. The van der Waals surface area contributed by atoms with Crippen molar-refractivity contribution in [2.24, 2.45) is 0 Å². The summed E-state index contributed by atoms with van der Waals surface area (Å²) in [6.45, 7) is 3.86. The predicted molar refractivity (Wildman–Crippen MR) is 85.9 cm³/mol. The first-order chi connectivity index (χ1) is 10.9. The number of benzene rings is 2. The maximum atomic E-state index is 13.0. The van der Waals surface area contributed by atoms with Gasteiger partial charge in [0.2, 0.25) is 0 Å². The molecule has 0 radical (unpaired) electrons. The molecule has 0 saturated carbocycles. The van der Waals surface area contributed by atoms with E-state index in [9.17, 15) is 14.3 Å². The Hall–Kier alpha value is -2.40. The van der Waals surface area contributed by atoms with Crippen LogP contribution in [-0.4, -0.2) is 24.2 Å². The molecule has 2 aromatic rings. The van der Waals surface area contributed by atoms with Gasteiger partial charge in [0, 0.05) is 0 Å². The summed E-state index contributed by atoms with van der Waals surface area (Å²) >= 11 is 0. The summed E-state index contributed by atoms with van der Waals surface area (Å²) in [5, 5.41) is 13.2. The van der Waals surface area contributed by atoms with E-state index < -0.39 is 5.60 Å². The number of para-hydroxylation sites is 1. The minimum Gasteiger partial charge on any atom is -0.493 e. The molecule has 5 heteroatoms. The van der Waals surface area contributed by atoms with E-state index in [2.05, 4.69) is 5.32 Å². The molecule has 2 rings (SSSR count). The van der Waals surface area contributed by atoms with Crippen molar-refractivity contribution < 1.29 is 19.0 Å². The first-order valence-corrected chi connectivity index (χ1v) is 7.42. The molecule has 1 unspecified atom stereocenters. The van der Waals surface area contributed by atoms with E-state index in [-0.39, 0.29) is 18.3 Å². The Morgan fingerprint density at radius 1 is 1.22 bits per heavy atom. The maximum Gasteiger partial charge on any atom is 0.255 e. The van der Waals surface area contributed by atoms with Crippen LogP contribution in [0.5, 0.6) is 5.75 Å². The largest absolute Gasteiger partial charge is 0.493 e. The number of amides is 1. The number of aliphatic hydroxyl groups is 1. The molecule has 2 aromatic carbocycles. The lowest BCUT2D eigenvalue weighted by atomic mass is 9.96. The van der Waals surface area contributed by atoms with Crippen LogP contribution in [0.1, 0.15) is 29.8 Å². The Labute approximate surface area is 134 Å². The third kappa shape index (κ3) is 4.29. The number of hydrogen-bond acceptors (Lipinski definition) is 3. The van der Waals surface area contributed by atoms with Gasteiger partial charge in [0.15, 0.2) is 0 Å². The minimum atomic E-state index is -1.30. The highest BCUT2D eigenvalue weighted by molar-refractivity contribution is 5.96. The van der Waals surface area contributed by atoms with Gasteiger partial charge >= 0.3 is 0 Å². The highest BCUT2D eigenvalue weighted by Gasteiger charge is 2.24. The Bertz CT molecular complexity index is 668. The van der Waals surface area contributed by atoms with E-state index in [0.717, 1.165) is 0 Å². The number of ether oxygens (including phenoxy) is 1. The first-order valence-electron chi connectivity index (χ1n) is 7.42. The number of hydrogen-bond donors (Lipinski definition) is 2. The zero-order chi connectivity index (χ0) is 16.9. The Morgan fingerprint density at radius 2 is 1.87 bits per heavy atom. The molecule has 23 heavy (non-hydrogen) atoms. The highest BCUT2D eigenvalue weighted by atomic mass is 19.1. The van der Waals surface area contributed by atoms with Crippen LogP contribution in [0, 0.1) is 5.82 Å². The third-order valence-corrected chi connectivity index (χ3v) is 3.49. The summed E-state index contributed by atoms with van der Waals surface area (Å²) in [4.78, 5) is 12.3. The fraction of sp³-hybridized carbons (Fsp3) is 0.278. The number of rotatable bonds is 6. The topological polar surface area (TPSA) is 58.6 Å². The fourth-order valence-electron chi connectivity index (χ4n) is 2.19. The number of carbonyl (C=O) groups excluding carboxylic acids is 1. The molecule has 0 saturated heterocycles. The van der Waals surface area contributed by atoms with Crippen LogP contribution in [0.2, 0.25) is 0 Å². The summed E-state index contributed by atoms with van der Waals surface area (Å²) in [5.74, 6) is -0.218. The Kier molecular flexibility index (Phi) is 5.34. The molecule has 0 aliphatic rings. The second-order valence-electron chi connectivity index (χ2n) is 5.39. The third-order valence-electron chi connectivity index (χ3n) is 3.49. The molecule has 2 N–H and O–H groups in total. The summed E-state index contributed by atoms with van der Waals surface area (Å²) in [6, 6.07) is 12.5. The van der Waals surface area contributed by atoms with Crippen molar-refractivity contribution in [2.75, 3.05) is 13.2 Å². The van der Waals surface area contributed by atoms with Gasteiger partial charge in [-0.1, -0.05) is 24.3 Å². The zero-order valence-electron chi connectivity index (χ0n) is 13.2. The molecule has 122 valence electrons. The quantitative estimate of drug-likeness (QED) is 0.861. The van der Waals surface area contributed by atoms with Gasteiger partial charge in [-0.3, -0.25) is 4.79 Å². The molecule has 1 amide bonds. The van der Waals surface area contributed by atoms with Crippen molar-refractivity contribution in [2.45, 2.75) is 19.4 Å². The molecule has 0 fully saturated rings. The summed E-state index contributed by atoms with van der Waals surface area (Å²) in [5.41, 5.74) is -0.370. The van der Waals surface area contributed by atoms with Gasteiger partial charge in [0.05, 0.1) is 18.7 Å². The van der Waals surface area contributed by atoms with Crippen molar-refractivity contribution in [3.05, 3.63) is 65.5 Å². The van der Waals surface area contributed by atoms with E-state index in [1.54, 1.807) is 31.2 Å². The lowest BCUT2D eigenvalue weighted by molar-refractivity contribution is 0.0525.